The van der Waals surface area contributed by atoms with Crippen LogP contribution >= 0.6 is 0 Å². The first-order chi connectivity index (χ1) is 5.47. The molecule has 68 valence electrons. The molecule has 0 fully saturated rings. The van der Waals surface area contributed by atoms with E-state index in [2.05, 4.69) is 13.2 Å². The van der Waals surface area contributed by atoms with E-state index >= 15 is 0 Å². The van der Waals surface area contributed by atoms with Crippen molar-refractivity contribution >= 4 is 0 Å². The second-order valence-electron chi connectivity index (χ2n) is 2.20. The summed E-state index contributed by atoms with van der Waals surface area (Å²) in [5.74, 6) is 0. The number of allylic oxidation sites excluding steroid dienone is 4. The Morgan fingerprint density at radius 1 is 1.25 bits per heavy atom. The van der Waals surface area contributed by atoms with E-state index in [4.69, 9.17) is 0 Å². The maximum absolute atomic E-state index is 12.2. The van der Waals surface area contributed by atoms with E-state index in [1.54, 1.807) is 6.92 Å². The SMILES string of the molecule is C=C/C(CC)=C(\C=C)C(F)(F)F. The highest BCUT2D eigenvalue weighted by Crippen LogP contribution is 2.30. The molecule has 0 aliphatic rings. The van der Waals surface area contributed by atoms with Crippen LogP contribution in [0.3, 0.4) is 0 Å². The molecule has 0 unspecified atom stereocenters. The first kappa shape index (κ1) is 11.0. The quantitative estimate of drug-likeness (QED) is 0.576. The van der Waals surface area contributed by atoms with Crippen molar-refractivity contribution in [1.29, 1.82) is 0 Å². The number of halogens is 3. The van der Waals surface area contributed by atoms with Gasteiger partial charge in [-0.3, -0.25) is 0 Å². The number of alkyl halides is 3. The molecule has 0 aliphatic carbocycles. The molecule has 0 nitrogen and oxygen atoms in total. The Hall–Kier alpha value is -0.990. The molecule has 0 rings (SSSR count). The molecule has 0 radical (unpaired) electrons. The van der Waals surface area contributed by atoms with E-state index in [9.17, 15) is 13.2 Å². The summed E-state index contributed by atoms with van der Waals surface area (Å²) in [5, 5.41) is 0. The second kappa shape index (κ2) is 4.14. The molecule has 0 heterocycles. The third-order valence-electron chi connectivity index (χ3n) is 1.48. The third-order valence-corrected chi connectivity index (χ3v) is 1.48. The summed E-state index contributed by atoms with van der Waals surface area (Å²) in [6, 6.07) is 0. The van der Waals surface area contributed by atoms with Gasteiger partial charge in [0.1, 0.15) is 0 Å². The first-order valence-electron chi connectivity index (χ1n) is 3.52. The van der Waals surface area contributed by atoms with Crippen molar-refractivity contribution in [2.75, 3.05) is 0 Å². The van der Waals surface area contributed by atoms with Gasteiger partial charge >= 0.3 is 6.18 Å². The molecule has 0 N–H and O–H groups in total. The fraction of sp³-hybridized carbons (Fsp3) is 0.333. The molecule has 0 aliphatic heterocycles. The predicted molar refractivity (Wildman–Crippen MR) is 43.8 cm³/mol. The van der Waals surface area contributed by atoms with Crippen LogP contribution in [0.1, 0.15) is 13.3 Å². The monoisotopic (exact) mass is 176 g/mol. The van der Waals surface area contributed by atoms with Gasteiger partial charge in [0, 0.05) is 0 Å². The smallest absolute Gasteiger partial charge is 0.166 e. The van der Waals surface area contributed by atoms with Gasteiger partial charge in [0.25, 0.3) is 0 Å². The molecule has 0 atom stereocenters. The topological polar surface area (TPSA) is 0 Å². The van der Waals surface area contributed by atoms with E-state index in [-0.39, 0.29) is 5.57 Å². The molecule has 0 aromatic carbocycles. The zero-order valence-electron chi connectivity index (χ0n) is 6.91. The molecule has 0 bridgehead atoms. The molecular weight excluding hydrogens is 165 g/mol. The van der Waals surface area contributed by atoms with Crippen LogP contribution in [-0.4, -0.2) is 6.18 Å². The summed E-state index contributed by atoms with van der Waals surface area (Å²) in [6.07, 6.45) is -1.98. The molecule has 3 heteroatoms. The molecule has 0 saturated carbocycles. The summed E-state index contributed by atoms with van der Waals surface area (Å²) in [6.45, 7) is 8.07. The normalized spacial score (nSPS) is 13.7. The van der Waals surface area contributed by atoms with Crippen molar-refractivity contribution in [2.24, 2.45) is 0 Å². The van der Waals surface area contributed by atoms with Gasteiger partial charge in [-0.2, -0.15) is 13.2 Å². The molecule has 0 aromatic rings. The van der Waals surface area contributed by atoms with Crippen molar-refractivity contribution in [1.82, 2.24) is 0 Å². The fourth-order valence-corrected chi connectivity index (χ4v) is 0.874. The lowest BCUT2D eigenvalue weighted by Crippen LogP contribution is -2.11. The first-order valence-corrected chi connectivity index (χ1v) is 3.52. The van der Waals surface area contributed by atoms with Crippen LogP contribution < -0.4 is 0 Å². The Bertz CT molecular complexity index is 208. The van der Waals surface area contributed by atoms with Crippen LogP contribution in [-0.2, 0) is 0 Å². The Morgan fingerprint density at radius 2 is 1.75 bits per heavy atom. The Balaban J connectivity index is 5.09. The zero-order valence-corrected chi connectivity index (χ0v) is 6.91. The van der Waals surface area contributed by atoms with Gasteiger partial charge in [0.15, 0.2) is 0 Å². The van der Waals surface area contributed by atoms with Gasteiger partial charge in [0.05, 0.1) is 5.57 Å². The average Bonchev–Trinajstić information content (AvgIpc) is 1.97. The highest BCUT2D eigenvalue weighted by molar-refractivity contribution is 5.34. The van der Waals surface area contributed by atoms with Crippen molar-refractivity contribution in [3.63, 3.8) is 0 Å². The lowest BCUT2D eigenvalue weighted by Gasteiger charge is -2.10. The predicted octanol–water partition coefficient (Wildman–Crippen LogP) is 3.63. The van der Waals surface area contributed by atoms with Gasteiger partial charge in [-0.1, -0.05) is 32.2 Å². The van der Waals surface area contributed by atoms with Gasteiger partial charge < -0.3 is 0 Å². The van der Waals surface area contributed by atoms with Crippen LogP contribution in [0.2, 0.25) is 0 Å². The van der Waals surface area contributed by atoms with E-state index in [1.807, 2.05) is 0 Å². The van der Waals surface area contributed by atoms with Gasteiger partial charge in [-0.15, -0.1) is 0 Å². The maximum atomic E-state index is 12.2. The van der Waals surface area contributed by atoms with Crippen LogP contribution in [0.4, 0.5) is 13.2 Å². The van der Waals surface area contributed by atoms with E-state index in [0.29, 0.717) is 6.42 Å². The Kier molecular flexibility index (Phi) is 3.80. The van der Waals surface area contributed by atoms with Crippen molar-refractivity contribution in [3.8, 4) is 0 Å². The van der Waals surface area contributed by atoms with Crippen LogP contribution in [0.15, 0.2) is 36.5 Å². The fourth-order valence-electron chi connectivity index (χ4n) is 0.874. The summed E-state index contributed by atoms with van der Waals surface area (Å²) in [5.41, 5.74) is -0.516. The van der Waals surface area contributed by atoms with Crippen molar-refractivity contribution in [3.05, 3.63) is 36.5 Å². The second-order valence-corrected chi connectivity index (χ2v) is 2.20. The summed E-state index contributed by atoms with van der Waals surface area (Å²) >= 11 is 0. The highest BCUT2D eigenvalue weighted by Gasteiger charge is 2.32. The largest absolute Gasteiger partial charge is 0.416 e. The number of hydrogen-bond acceptors (Lipinski definition) is 0. The van der Waals surface area contributed by atoms with E-state index in [1.165, 1.54) is 6.08 Å². The van der Waals surface area contributed by atoms with Crippen LogP contribution in [0.25, 0.3) is 0 Å². The van der Waals surface area contributed by atoms with E-state index in [0.717, 1.165) is 6.08 Å². The molecular formula is C9H11F3. The lowest BCUT2D eigenvalue weighted by molar-refractivity contribution is -0.0888. The minimum Gasteiger partial charge on any atom is -0.166 e. The molecule has 0 aromatic heterocycles. The molecule has 0 spiro atoms. The van der Waals surface area contributed by atoms with Gasteiger partial charge in [-0.05, 0) is 12.0 Å². The van der Waals surface area contributed by atoms with Crippen LogP contribution in [0.5, 0.6) is 0 Å². The number of rotatable bonds is 3. The molecule has 0 saturated heterocycles. The minimum absolute atomic E-state index is 0.178. The van der Waals surface area contributed by atoms with Crippen LogP contribution in [0, 0.1) is 0 Å². The summed E-state index contributed by atoms with van der Waals surface area (Å²) in [7, 11) is 0. The Morgan fingerprint density at radius 3 is 1.83 bits per heavy atom. The number of hydrogen-bond donors (Lipinski definition) is 0. The van der Waals surface area contributed by atoms with Gasteiger partial charge in [-0.25, -0.2) is 0 Å². The summed E-state index contributed by atoms with van der Waals surface area (Å²) in [4.78, 5) is 0. The zero-order chi connectivity index (χ0) is 9.78. The van der Waals surface area contributed by atoms with Gasteiger partial charge in [0.2, 0.25) is 0 Å². The van der Waals surface area contributed by atoms with Crippen molar-refractivity contribution < 1.29 is 13.2 Å². The van der Waals surface area contributed by atoms with Crippen molar-refractivity contribution in [2.45, 2.75) is 19.5 Å². The third kappa shape index (κ3) is 2.57. The Labute approximate surface area is 70.1 Å². The average molecular weight is 176 g/mol. The molecule has 12 heavy (non-hydrogen) atoms. The molecule has 0 amide bonds. The lowest BCUT2D eigenvalue weighted by atomic mass is 10.1. The highest BCUT2D eigenvalue weighted by atomic mass is 19.4. The summed E-state index contributed by atoms with van der Waals surface area (Å²) < 4.78 is 36.5. The standard InChI is InChI=1S/C9H11F3/c1-4-7(5-2)8(6-3)9(10,11)12/h4,6H,1,3,5H2,2H3/b8-7-. The minimum atomic E-state index is -4.32. The maximum Gasteiger partial charge on any atom is 0.416 e. The van der Waals surface area contributed by atoms with E-state index < -0.39 is 11.7 Å².